The fourth-order valence-corrected chi connectivity index (χ4v) is 6.45. The molecule has 0 unspecified atom stereocenters. The lowest BCUT2D eigenvalue weighted by molar-refractivity contribution is -0.0747. The van der Waals surface area contributed by atoms with Crippen molar-refractivity contribution in [2.24, 2.45) is 5.41 Å². The summed E-state index contributed by atoms with van der Waals surface area (Å²) in [5.41, 5.74) is 11.8. The Morgan fingerprint density at radius 2 is 1.60 bits per heavy atom. The predicted molar refractivity (Wildman–Crippen MR) is 169 cm³/mol. The van der Waals surface area contributed by atoms with Crippen molar-refractivity contribution in [2.45, 2.75) is 53.2 Å². The molecule has 222 valence electrons. The molecule has 43 heavy (non-hydrogen) atoms. The molecule has 1 saturated carbocycles. The van der Waals surface area contributed by atoms with Gasteiger partial charge >= 0.3 is 0 Å². The molecular formula is C34H39N7O2. The monoisotopic (exact) mass is 577 g/mol. The summed E-state index contributed by atoms with van der Waals surface area (Å²) >= 11 is 0. The van der Waals surface area contributed by atoms with Crippen LogP contribution in [0.25, 0.3) is 22.2 Å². The van der Waals surface area contributed by atoms with Crippen molar-refractivity contribution in [1.82, 2.24) is 29.4 Å². The summed E-state index contributed by atoms with van der Waals surface area (Å²) in [6, 6.07) is 14.4. The summed E-state index contributed by atoms with van der Waals surface area (Å²) in [4.78, 5) is 19.8. The van der Waals surface area contributed by atoms with Crippen molar-refractivity contribution in [3.05, 3.63) is 84.3 Å². The second-order valence-electron chi connectivity index (χ2n) is 11.7. The molecular weight excluding hydrogens is 538 g/mol. The molecule has 1 spiro atoms. The van der Waals surface area contributed by atoms with E-state index in [-0.39, 0.29) is 0 Å². The van der Waals surface area contributed by atoms with Crippen LogP contribution in [0, 0.1) is 19.3 Å². The maximum absolute atomic E-state index is 6.39. The van der Waals surface area contributed by atoms with Crippen LogP contribution in [-0.4, -0.2) is 49.5 Å². The number of fused-ring (bicyclic) bond motifs is 1. The van der Waals surface area contributed by atoms with Gasteiger partial charge in [0.1, 0.15) is 47.5 Å². The highest BCUT2D eigenvalue weighted by Gasteiger charge is 2.51. The van der Waals surface area contributed by atoms with Crippen molar-refractivity contribution in [2.75, 3.05) is 25.9 Å². The molecule has 1 saturated heterocycles. The number of likely N-dealkylation sites (tertiary alicyclic amines) is 1. The topological polar surface area (TPSA) is 104 Å². The highest BCUT2D eigenvalue weighted by Crippen LogP contribution is 2.54. The second-order valence-corrected chi connectivity index (χ2v) is 11.7. The quantitative estimate of drug-likeness (QED) is 0.226. The number of rotatable bonds is 7. The molecule has 0 atom stereocenters. The number of nitrogens with two attached hydrogens (primary N) is 1. The number of aromatic nitrogens is 5. The van der Waals surface area contributed by atoms with Crippen molar-refractivity contribution < 1.29 is 9.47 Å². The number of nitrogen functional groups attached to an aromatic ring is 1. The molecule has 2 N–H and O–H groups in total. The number of nitrogens with zero attached hydrogens (tertiary/aromatic N) is 6. The van der Waals surface area contributed by atoms with Crippen LogP contribution in [-0.2, 0) is 6.61 Å². The zero-order valence-electron chi connectivity index (χ0n) is 25.5. The minimum absolute atomic E-state index is 0.386. The third-order valence-electron chi connectivity index (χ3n) is 8.25. The van der Waals surface area contributed by atoms with Crippen LogP contribution < -0.4 is 15.2 Å². The molecule has 5 aromatic rings. The fourth-order valence-electron chi connectivity index (χ4n) is 6.45. The van der Waals surface area contributed by atoms with Gasteiger partial charge in [-0.05, 0) is 74.5 Å². The van der Waals surface area contributed by atoms with Gasteiger partial charge in [-0.2, -0.15) is 0 Å². The van der Waals surface area contributed by atoms with E-state index in [9.17, 15) is 0 Å². The van der Waals surface area contributed by atoms with E-state index >= 15 is 0 Å². The standard InChI is InChI=1S/C32H33N7O2.C2H6/c1-20-8-26(40-16-22-13-34-21(2)35-14-22)10-27(9-20)41-25-6-4-23(5-7-25)28-15-39(31-29(28)30(33)36-19-37-31)24-11-32(12-24)17-38(3)18-32;1-2/h4-10,13-15,19,24H,11-12,16-18H2,1-3H3,(H2,33,36,37);1-2H3. The van der Waals surface area contributed by atoms with Crippen LogP contribution >= 0.6 is 0 Å². The van der Waals surface area contributed by atoms with E-state index in [0.29, 0.717) is 29.6 Å². The summed E-state index contributed by atoms with van der Waals surface area (Å²) in [5, 5.41) is 0.910. The zero-order chi connectivity index (χ0) is 30.1. The second kappa shape index (κ2) is 11.6. The van der Waals surface area contributed by atoms with Crippen molar-refractivity contribution >= 4 is 16.9 Å². The van der Waals surface area contributed by atoms with Gasteiger partial charge < -0.3 is 24.7 Å². The first-order valence-electron chi connectivity index (χ1n) is 14.9. The molecule has 3 aromatic heterocycles. The smallest absolute Gasteiger partial charge is 0.146 e. The van der Waals surface area contributed by atoms with Gasteiger partial charge in [0.2, 0.25) is 0 Å². The number of anilines is 1. The molecule has 0 radical (unpaired) electrons. The van der Waals surface area contributed by atoms with E-state index in [0.717, 1.165) is 50.6 Å². The van der Waals surface area contributed by atoms with Gasteiger partial charge in [-0.1, -0.05) is 26.0 Å². The number of hydrogen-bond donors (Lipinski definition) is 1. The molecule has 1 aliphatic carbocycles. The maximum atomic E-state index is 6.39. The number of ether oxygens (including phenoxy) is 2. The molecule has 7 rings (SSSR count). The summed E-state index contributed by atoms with van der Waals surface area (Å²) in [7, 11) is 2.19. The van der Waals surface area contributed by atoms with E-state index < -0.39 is 0 Å². The minimum Gasteiger partial charge on any atom is -0.489 e. The normalized spacial score (nSPS) is 15.8. The Bertz CT molecular complexity index is 1720. The molecule has 2 fully saturated rings. The third kappa shape index (κ3) is 5.77. The first-order chi connectivity index (χ1) is 20.8. The van der Waals surface area contributed by atoms with Crippen LogP contribution in [0.2, 0.25) is 0 Å². The predicted octanol–water partition coefficient (Wildman–Crippen LogP) is 6.75. The van der Waals surface area contributed by atoms with Gasteiger partial charge in [0, 0.05) is 54.9 Å². The lowest BCUT2D eigenvalue weighted by Crippen LogP contribution is -2.60. The average molecular weight is 578 g/mol. The molecule has 9 heteroatoms. The Morgan fingerprint density at radius 3 is 2.30 bits per heavy atom. The van der Waals surface area contributed by atoms with Gasteiger partial charge in [0.15, 0.2) is 0 Å². The molecule has 4 heterocycles. The Balaban J connectivity index is 0.00000161. The van der Waals surface area contributed by atoms with E-state index in [1.165, 1.54) is 25.9 Å². The van der Waals surface area contributed by atoms with Crippen LogP contribution in [0.1, 0.15) is 49.7 Å². The molecule has 1 aliphatic heterocycles. The van der Waals surface area contributed by atoms with Crippen LogP contribution in [0.15, 0.2) is 67.4 Å². The molecule has 2 aromatic carbocycles. The summed E-state index contributed by atoms with van der Waals surface area (Å²) < 4.78 is 14.5. The average Bonchev–Trinajstić information content (AvgIpc) is 3.35. The van der Waals surface area contributed by atoms with Crippen LogP contribution in [0.4, 0.5) is 5.82 Å². The first-order valence-corrected chi connectivity index (χ1v) is 14.9. The Kier molecular flexibility index (Phi) is 7.75. The Labute approximate surface area is 252 Å². The van der Waals surface area contributed by atoms with E-state index in [4.69, 9.17) is 15.2 Å². The molecule has 0 amide bonds. The Morgan fingerprint density at radius 1 is 0.907 bits per heavy atom. The van der Waals surface area contributed by atoms with Crippen molar-refractivity contribution in [3.63, 3.8) is 0 Å². The zero-order valence-corrected chi connectivity index (χ0v) is 25.5. The van der Waals surface area contributed by atoms with E-state index in [2.05, 4.69) is 54.8 Å². The fraction of sp³-hybridized carbons (Fsp3) is 0.353. The van der Waals surface area contributed by atoms with E-state index in [1.807, 2.05) is 58.0 Å². The summed E-state index contributed by atoms with van der Waals surface area (Å²) in [6.45, 7) is 10.6. The van der Waals surface area contributed by atoms with Crippen molar-refractivity contribution in [3.8, 4) is 28.4 Å². The lowest BCUT2D eigenvalue weighted by atomic mass is 9.61. The largest absolute Gasteiger partial charge is 0.489 e. The van der Waals surface area contributed by atoms with Gasteiger partial charge in [-0.15, -0.1) is 0 Å². The van der Waals surface area contributed by atoms with Gasteiger partial charge in [0.05, 0.1) is 5.39 Å². The molecule has 2 aliphatic rings. The molecule has 0 bridgehead atoms. The third-order valence-corrected chi connectivity index (χ3v) is 8.25. The summed E-state index contributed by atoms with van der Waals surface area (Å²) in [5.74, 6) is 3.42. The van der Waals surface area contributed by atoms with Crippen LogP contribution in [0.3, 0.4) is 0 Å². The SMILES string of the molecule is CC.Cc1cc(OCc2cnc(C)nc2)cc(Oc2ccc(-c3cn(C4CC5(C4)CN(C)C5)c4ncnc(N)c34)cc2)c1. The van der Waals surface area contributed by atoms with Gasteiger partial charge in [-0.25, -0.2) is 19.9 Å². The lowest BCUT2D eigenvalue weighted by Gasteiger charge is -2.58. The van der Waals surface area contributed by atoms with Crippen LogP contribution in [0.5, 0.6) is 17.2 Å². The number of benzene rings is 2. The van der Waals surface area contributed by atoms with E-state index in [1.54, 1.807) is 18.7 Å². The van der Waals surface area contributed by atoms with Gasteiger partial charge in [-0.3, -0.25) is 0 Å². The minimum atomic E-state index is 0.386. The first kappa shape index (κ1) is 28.6. The number of hydrogen-bond acceptors (Lipinski definition) is 8. The Hall–Kier alpha value is -4.50. The van der Waals surface area contributed by atoms with Gasteiger partial charge in [0.25, 0.3) is 0 Å². The maximum Gasteiger partial charge on any atom is 0.146 e. The molecule has 9 nitrogen and oxygen atoms in total. The highest BCUT2D eigenvalue weighted by molar-refractivity contribution is 6.00. The number of aryl methyl sites for hydroxylation is 2. The van der Waals surface area contributed by atoms with Crippen molar-refractivity contribution in [1.29, 1.82) is 0 Å². The summed E-state index contributed by atoms with van der Waals surface area (Å²) in [6.07, 6.45) is 9.69. The highest BCUT2D eigenvalue weighted by atomic mass is 16.5.